The molecule has 4 N–H and O–H groups in total. The number of rotatable bonds is 4. The molecule has 0 amide bonds. The van der Waals surface area contributed by atoms with E-state index in [4.69, 9.17) is 11.5 Å². The fourth-order valence-electron chi connectivity index (χ4n) is 1.78. The van der Waals surface area contributed by atoms with Gasteiger partial charge in [0.2, 0.25) is 0 Å². The van der Waals surface area contributed by atoms with Gasteiger partial charge in [0, 0.05) is 11.4 Å². The van der Waals surface area contributed by atoms with E-state index in [2.05, 4.69) is 26.8 Å². The summed E-state index contributed by atoms with van der Waals surface area (Å²) in [7, 11) is 0. The Balaban J connectivity index is 2.69. The molecule has 15 heavy (non-hydrogen) atoms. The molecule has 0 aliphatic heterocycles. The molecule has 0 fully saturated rings. The molecule has 1 aromatic carbocycles. The van der Waals surface area contributed by atoms with Gasteiger partial charge in [-0.3, -0.25) is 0 Å². The molecular weight excluding hydrogens is 184 g/mol. The SMILES string of the molecule is CC(C)CCC(C)c1ccc(N)cc1N. The van der Waals surface area contributed by atoms with Gasteiger partial charge >= 0.3 is 0 Å². The van der Waals surface area contributed by atoms with E-state index in [1.165, 1.54) is 18.4 Å². The van der Waals surface area contributed by atoms with Crippen LogP contribution < -0.4 is 11.5 Å². The lowest BCUT2D eigenvalue weighted by atomic mass is 9.92. The number of hydrogen-bond donors (Lipinski definition) is 2. The zero-order valence-corrected chi connectivity index (χ0v) is 9.96. The van der Waals surface area contributed by atoms with Crippen molar-refractivity contribution in [2.75, 3.05) is 11.5 Å². The summed E-state index contributed by atoms with van der Waals surface area (Å²) >= 11 is 0. The minimum absolute atomic E-state index is 0.521. The monoisotopic (exact) mass is 206 g/mol. The Morgan fingerprint density at radius 1 is 1.07 bits per heavy atom. The standard InChI is InChI=1S/C13H22N2/c1-9(2)4-5-10(3)12-7-6-11(14)8-13(12)15/h6-10H,4-5,14-15H2,1-3H3. The van der Waals surface area contributed by atoms with E-state index in [1.54, 1.807) is 0 Å². The average molecular weight is 206 g/mol. The molecule has 2 heteroatoms. The summed E-state index contributed by atoms with van der Waals surface area (Å²) in [6.07, 6.45) is 2.43. The molecule has 0 heterocycles. The third kappa shape index (κ3) is 3.46. The fourth-order valence-corrected chi connectivity index (χ4v) is 1.78. The first kappa shape index (κ1) is 11.9. The number of anilines is 2. The minimum Gasteiger partial charge on any atom is -0.399 e. The van der Waals surface area contributed by atoms with Gasteiger partial charge < -0.3 is 11.5 Å². The van der Waals surface area contributed by atoms with Crippen LogP contribution in [-0.4, -0.2) is 0 Å². The number of nitrogen functional groups attached to an aromatic ring is 2. The molecule has 0 saturated carbocycles. The Kier molecular flexibility index (Phi) is 4.01. The largest absolute Gasteiger partial charge is 0.399 e. The highest BCUT2D eigenvalue weighted by molar-refractivity contribution is 5.57. The predicted octanol–water partition coefficient (Wildman–Crippen LogP) is 3.39. The van der Waals surface area contributed by atoms with E-state index < -0.39 is 0 Å². The highest BCUT2D eigenvalue weighted by Crippen LogP contribution is 2.28. The van der Waals surface area contributed by atoms with Crippen molar-refractivity contribution in [2.45, 2.75) is 39.5 Å². The quantitative estimate of drug-likeness (QED) is 0.742. The summed E-state index contributed by atoms with van der Waals surface area (Å²) in [6, 6.07) is 5.83. The van der Waals surface area contributed by atoms with Gasteiger partial charge in [-0.15, -0.1) is 0 Å². The van der Waals surface area contributed by atoms with Crippen molar-refractivity contribution in [2.24, 2.45) is 5.92 Å². The third-order valence-electron chi connectivity index (χ3n) is 2.82. The summed E-state index contributed by atoms with van der Waals surface area (Å²) < 4.78 is 0. The van der Waals surface area contributed by atoms with Crippen molar-refractivity contribution in [3.8, 4) is 0 Å². The Morgan fingerprint density at radius 3 is 2.27 bits per heavy atom. The molecule has 1 atom stereocenters. The lowest BCUT2D eigenvalue weighted by Gasteiger charge is -2.15. The summed E-state index contributed by atoms with van der Waals surface area (Å²) in [4.78, 5) is 0. The second kappa shape index (κ2) is 5.06. The molecule has 0 aromatic heterocycles. The van der Waals surface area contributed by atoms with E-state index in [9.17, 15) is 0 Å². The van der Waals surface area contributed by atoms with Crippen molar-refractivity contribution < 1.29 is 0 Å². The second-order valence-electron chi connectivity index (χ2n) is 4.76. The van der Waals surface area contributed by atoms with Gasteiger partial charge in [0.15, 0.2) is 0 Å². The van der Waals surface area contributed by atoms with Gasteiger partial charge in [-0.1, -0.05) is 33.3 Å². The molecule has 0 bridgehead atoms. The molecule has 0 aliphatic rings. The van der Waals surface area contributed by atoms with Crippen LogP contribution in [0.1, 0.15) is 45.1 Å². The first-order valence-electron chi connectivity index (χ1n) is 5.65. The summed E-state index contributed by atoms with van der Waals surface area (Å²) in [6.45, 7) is 6.72. The van der Waals surface area contributed by atoms with Crippen LogP contribution in [-0.2, 0) is 0 Å². The fraction of sp³-hybridized carbons (Fsp3) is 0.538. The molecule has 0 aliphatic carbocycles. The topological polar surface area (TPSA) is 52.0 Å². The smallest absolute Gasteiger partial charge is 0.0369 e. The highest BCUT2D eigenvalue weighted by atomic mass is 14.6. The van der Waals surface area contributed by atoms with Crippen LogP contribution in [0.4, 0.5) is 11.4 Å². The van der Waals surface area contributed by atoms with E-state index in [-0.39, 0.29) is 0 Å². The average Bonchev–Trinajstić information content (AvgIpc) is 2.14. The number of hydrogen-bond acceptors (Lipinski definition) is 2. The maximum Gasteiger partial charge on any atom is 0.0369 e. The van der Waals surface area contributed by atoms with E-state index in [0.29, 0.717) is 5.92 Å². The van der Waals surface area contributed by atoms with Crippen LogP contribution in [0.3, 0.4) is 0 Å². The van der Waals surface area contributed by atoms with Gasteiger partial charge in [-0.05, 0) is 36.0 Å². The Labute approximate surface area is 92.7 Å². The number of nitrogens with two attached hydrogens (primary N) is 2. The van der Waals surface area contributed by atoms with Crippen LogP contribution >= 0.6 is 0 Å². The summed E-state index contributed by atoms with van der Waals surface area (Å²) in [5.74, 6) is 1.27. The molecule has 1 unspecified atom stereocenters. The molecule has 1 aromatic rings. The van der Waals surface area contributed by atoms with Crippen molar-refractivity contribution in [1.29, 1.82) is 0 Å². The van der Waals surface area contributed by atoms with Crippen molar-refractivity contribution >= 4 is 11.4 Å². The number of benzene rings is 1. The van der Waals surface area contributed by atoms with Crippen LogP contribution in [0.5, 0.6) is 0 Å². The normalized spacial score (nSPS) is 13.1. The first-order chi connectivity index (χ1) is 7.00. The van der Waals surface area contributed by atoms with Gasteiger partial charge in [0.05, 0.1) is 0 Å². The molecule has 0 radical (unpaired) electrons. The zero-order valence-electron chi connectivity index (χ0n) is 9.96. The van der Waals surface area contributed by atoms with Crippen LogP contribution in [0, 0.1) is 5.92 Å². The van der Waals surface area contributed by atoms with E-state index >= 15 is 0 Å². The maximum absolute atomic E-state index is 5.95. The molecular formula is C13H22N2. The van der Waals surface area contributed by atoms with E-state index in [1.807, 2.05) is 12.1 Å². The molecule has 1 rings (SSSR count). The summed E-state index contributed by atoms with van der Waals surface area (Å²) in [5.41, 5.74) is 14.4. The highest BCUT2D eigenvalue weighted by Gasteiger charge is 2.09. The van der Waals surface area contributed by atoms with E-state index in [0.717, 1.165) is 17.3 Å². The van der Waals surface area contributed by atoms with Gasteiger partial charge in [0.1, 0.15) is 0 Å². The van der Waals surface area contributed by atoms with Crippen LogP contribution in [0.15, 0.2) is 18.2 Å². The van der Waals surface area contributed by atoms with Crippen LogP contribution in [0.25, 0.3) is 0 Å². The lowest BCUT2D eigenvalue weighted by Crippen LogP contribution is -2.02. The summed E-state index contributed by atoms with van der Waals surface area (Å²) in [5, 5.41) is 0. The van der Waals surface area contributed by atoms with Crippen molar-refractivity contribution in [3.05, 3.63) is 23.8 Å². The minimum atomic E-state index is 0.521. The van der Waals surface area contributed by atoms with Gasteiger partial charge in [0.25, 0.3) is 0 Å². The Bertz CT molecular complexity index is 318. The lowest BCUT2D eigenvalue weighted by molar-refractivity contribution is 0.517. The zero-order chi connectivity index (χ0) is 11.4. The van der Waals surface area contributed by atoms with Crippen molar-refractivity contribution in [1.82, 2.24) is 0 Å². The molecule has 0 spiro atoms. The predicted molar refractivity (Wildman–Crippen MR) is 67.8 cm³/mol. The molecule has 0 saturated heterocycles. The third-order valence-corrected chi connectivity index (χ3v) is 2.82. The maximum atomic E-state index is 5.95. The van der Waals surface area contributed by atoms with Gasteiger partial charge in [-0.2, -0.15) is 0 Å². The Morgan fingerprint density at radius 2 is 1.73 bits per heavy atom. The second-order valence-corrected chi connectivity index (χ2v) is 4.76. The van der Waals surface area contributed by atoms with Crippen molar-refractivity contribution in [3.63, 3.8) is 0 Å². The van der Waals surface area contributed by atoms with Crippen LogP contribution in [0.2, 0.25) is 0 Å². The molecule has 2 nitrogen and oxygen atoms in total. The van der Waals surface area contributed by atoms with Gasteiger partial charge in [-0.25, -0.2) is 0 Å². The first-order valence-corrected chi connectivity index (χ1v) is 5.65. The molecule has 84 valence electrons. The Hall–Kier alpha value is -1.18.